The van der Waals surface area contributed by atoms with Gasteiger partial charge in [0.05, 0.1) is 17.8 Å². The third kappa shape index (κ3) is 3.75. The zero-order valence-corrected chi connectivity index (χ0v) is 15.4. The van der Waals surface area contributed by atoms with Crippen LogP contribution in [0.5, 0.6) is 0 Å². The molecule has 4 rings (SSSR count). The van der Waals surface area contributed by atoms with Crippen molar-refractivity contribution >= 4 is 11.9 Å². The quantitative estimate of drug-likeness (QED) is 0.894. The topological polar surface area (TPSA) is 75.4 Å². The van der Waals surface area contributed by atoms with Gasteiger partial charge in [0.25, 0.3) is 5.91 Å². The predicted molar refractivity (Wildman–Crippen MR) is 101 cm³/mol. The van der Waals surface area contributed by atoms with E-state index in [9.17, 15) is 9.59 Å². The molecule has 0 unspecified atom stereocenters. The molecule has 0 radical (unpaired) electrons. The fourth-order valence-corrected chi connectivity index (χ4v) is 4.35. The van der Waals surface area contributed by atoms with E-state index in [1.54, 1.807) is 10.9 Å². The summed E-state index contributed by atoms with van der Waals surface area (Å²) in [6.07, 6.45) is 9.56. The number of rotatable bonds is 4. The third-order valence-electron chi connectivity index (χ3n) is 5.93. The number of aromatic carboxylic acids is 1. The fraction of sp³-hybridized carbons (Fsp3) is 0.476. The normalized spacial score (nSPS) is 18.7. The van der Waals surface area contributed by atoms with Gasteiger partial charge in [-0.05, 0) is 49.3 Å². The maximum atomic E-state index is 12.9. The Hall–Kier alpha value is -2.63. The second-order valence-electron chi connectivity index (χ2n) is 7.64. The maximum absolute atomic E-state index is 12.9. The van der Waals surface area contributed by atoms with Gasteiger partial charge in [0.1, 0.15) is 0 Å². The van der Waals surface area contributed by atoms with E-state index in [0.717, 1.165) is 18.4 Å². The first-order valence-corrected chi connectivity index (χ1v) is 9.78. The van der Waals surface area contributed by atoms with Gasteiger partial charge in [0, 0.05) is 24.8 Å². The Morgan fingerprint density at radius 2 is 1.78 bits per heavy atom. The highest BCUT2D eigenvalue weighted by Crippen LogP contribution is 2.34. The molecule has 0 bridgehead atoms. The van der Waals surface area contributed by atoms with Crippen molar-refractivity contribution in [1.82, 2.24) is 14.7 Å². The van der Waals surface area contributed by atoms with E-state index in [4.69, 9.17) is 5.11 Å². The van der Waals surface area contributed by atoms with Gasteiger partial charge in [-0.25, -0.2) is 4.79 Å². The van der Waals surface area contributed by atoms with Crippen LogP contribution in [0.15, 0.2) is 36.7 Å². The number of nitrogens with zero attached hydrogens (tertiary/aromatic N) is 3. The smallest absolute Gasteiger partial charge is 0.338 e. The van der Waals surface area contributed by atoms with Crippen LogP contribution >= 0.6 is 0 Å². The number of carboxylic acids is 1. The first-order valence-electron chi connectivity index (χ1n) is 9.78. The standard InChI is InChI=1S/C21H25N3O3/c25-20(17-7-3-6-16(12-17)15-4-1-2-5-15)23-10-8-19(9-11-23)24-14-18(13-22-24)21(26)27/h3,6-7,12-15,19H,1-2,4-5,8-11H2,(H,26,27). The van der Waals surface area contributed by atoms with Crippen LogP contribution in [-0.4, -0.2) is 44.8 Å². The van der Waals surface area contributed by atoms with Crippen LogP contribution in [0.25, 0.3) is 0 Å². The highest BCUT2D eigenvalue weighted by atomic mass is 16.4. The maximum Gasteiger partial charge on any atom is 0.338 e. The molecule has 2 fully saturated rings. The predicted octanol–water partition coefficient (Wildman–Crippen LogP) is 3.72. The molecule has 1 N–H and O–H groups in total. The number of benzene rings is 1. The van der Waals surface area contributed by atoms with Gasteiger partial charge in [-0.2, -0.15) is 5.10 Å². The van der Waals surface area contributed by atoms with Crippen LogP contribution in [0.2, 0.25) is 0 Å². The third-order valence-corrected chi connectivity index (χ3v) is 5.93. The van der Waals surface area contributed by atoms with Crippen LogP contribution in [0, 0.1) is 0 Å². The van der Waals surface area contributed by atoms with Crippen molar-refractivity contribution in [2.75, 3.05) is 13.1 Å². The Morgan fingerprint density at radius 3 is 2.44 bits per heavy atom. The summed E-state index contributed by atoms with van der Waals surface area (Å²) in [5.74, 6) is -0.261. The summed E-state index contributed by atoms with van der Waals surface area (Å²) >= 11 is 0. The van der Waals surface area contributed by atoms with Gasteiger partial charge in [-0.3, -0.25) is 9.48 Å². The summed E-state index contributed by atoms with van der Waals surface area (Å²) in [5, 5.41) is 13.2. The first-order chi connectivity index (χ1) is 13.1. The Labute approximate surface area is 158 Å². The number of hydrogen-bond donors (Lipinski definition) is 1. The lowest BCUT2D eigenvalue weighted by Crippen LogP contribution is -2.39. The lowest BCUT2D eigenvalue weighted by Gasteiger charge is -2.32. The van der Waals surface area contributed by atoms with Gasteiger partial charge in [0.15, 0.2) is 0 Å². The van der Waals surface area contributed by atoms with Gasteiger partial charge in [-0.15, -0.1) is 0 Å². The number of hydrogen-bond acceptors (Lipinski definition) is 3. The highest BCUT2D eigenvalue weighted by molar-refractivity contribution is 5.94. The van der Waals surface area contributed by atoms with Crippen molar-refractivity contribution in [3.63, 3.8) is 0 Å². The summed E-state index contributed by atoms with van der Waals surface area (Å²) in [7, 11) is 0. The Kier molecular flexibility index (Phi) is 4.97. The van der Waals surface area contributed by atoms with Crippen molar-refractivity contribution in [2.24, 2.45) is 0 Å². The largest absolute Gasteiger partial charge is 0.478 e. The molecule has 6 heteroatoms. The average molecular weight is 367 g/mol. The number of carbonyl (C=O) groups excluding carboxylic acids is 1. The average Bonchev–Trinajstić information content (AvgIpc) is 3.40. The SMILES string of the molecule is O=C(O)c1cnn(C2CCN(C(=O)c3cccc(C4CCCC4)c3)CC2)c1. The minimum absolute atomic E-state index is 0.0972. The van der Waals surface area contributed by atoms with E-state index in [-0.39, 0.29) is 17.5 Å². The molecule has 27 heavy (non-hydrogen) atoms. The second kappa shape index (κ2) is 7.55. The number of aromatic nitrogens is 2. The highest BCUT2D eigenvalue weighted by Gasteiger charge is 2.26. The number of carbonyl (C=O) groups is 2. The summed E-state index contributed by atoms with van der Waals surface area (Å²) in [6, 6.07) is 8.30. The van der Waals surface area contributed by atoms with Crippen molar-refractivity contribution < 1.29 is 14.7 Å². The van der Waals surface area contributed by atoms with Crippen LogP contribution < -0.4 is 0 Å². The van der Waals surface area contributed by atoms with Crippen LogP contribution in [-0.2, 0) is 0 Å². The summed E-state index contributed by atoms with van der Waals surface area (Å²) < 4.78 is 1.73. The molecule has 2 heterocycles. The van der Waals surface area contributed by atoms with Gasteiger partial charge >= 0.3 is 5.97 Å². The van der Waals surface area contributed by atoms with E-state index in [0.29, 0.717) is 19.0 Å². The molecule has 1 aromatic carbocycles. The summed E-state index contributed by atoms with van der Waals surface area (Å²) in [4.78, 5) is 25.8. The van der Waals surface area contributed by atoms with E-state index in [1.165, 1.54) is 37.4 Å². The molecule has 0 spiro atoms. The van der Waals surface area contributed by atoms with Gasteiger partial charge < -0.3 is 10.0 Å². The molecule has 2 aliphatic rings. The summed E-state index contributed by atoms with van der Waals surface area (Å²) in [6.45, 7) is 1.33. The second-order valence-corrected chi connectivity index (χ2v) is 7.64. The zero-order valence-electron chi connectivity index (χ0n) is 15.4. The first kappa shape index (κ1) is 17.8. The fourth-order valence-electron chi connectivity index (χ4n) is 4.35. The molecule has 0 atom stereocenters. The minimum atomic E-state index is -0.962. The molecule has 1 aromatic heterocycles. The minimum Gasteiger partial charge on any atom is -0.478 e. The van der Waals surface area contributed by atoms with Crippen LogP contribution in [0.1, 0.15) is 76.8 Å². The molecular weight excluding hydrogens is 342 g/mol. The molecule has 1 aliphatic carbocycles. The molecule has 1 saturated heterocycles. The van der Waals surface area contributed by atoms with E-state index in [1.807, 2.05) is 17.0 Å². The molecule has 142 valence electrons. The van der Waals surface area contributed by atoms with Gasteiger partial charge in [-0.1, -0.05) is 25.0 Å². The molecule has 2 aromatic rings. The number of piperidine rings is 1. The number of carboxylic acid groups (broad SMARTS) is 1. The van der Waals surface area contributed by atoms with Gasteiger partial charge in [0.2, 0.25) is 0 Å². The van der Waals surface area contributed by atoms with Crippen molar-refractivity contribution in [3.8, 4) is 0 Å². The van der Waals surface area contributed by atoms with Crippen molar-refractivity contribution in [1.29, 1.82) is 0 Å². The molecule has 6 nitrogen and oxygen atoms in total. The Bertz CT molecular complexity index is 831. The Morgan fingerprint density at radius 1 is 1.04 bits per heavy atom. The van der Waals surface area contributed by atoms with Crippen molar-refractivity contribution in [3.05, 3.63) is 53.3 Å². The molecule has 1 saturated carbocycles. The number of amides is 1. The van der Waals surface area contributed by atoms with E-state index < -0.39 is 5.97 Å². The van der Waals surface area contributed by atoms with Crippen LogP contribution in [0.4, 0.5) is 0 Å². The number of likely N-dealkylation sites (tertiary alicyclic amines) is 1. The lowest BCUT2D eigenvalue weighted by atomic mass is 9.95. The molecule has 1 amide bonds. The van der Waals surface area contributed by atoms with E-state index >= 15 is 0 Å². The van der Waals surface area contributed by atoms with Crippen molar-refractivity contribution in [2.45, 2.75) is 50.5 Å². The van der Waals surface area contributed by atoms with E-state index in [2.05, 4.69) is 17.2 Å². The lowest BCUT2D eigenvalue weighted by molar-refractivity contribution is 0.0688. The molecule has 1 aliphatic heterocycles. The monoisotopic (exact) mass is 367 g/mol. The Balaban J connectivity index is 1.39. The summed E-state index contributed by atoms with van der Waals surface area (Å²) in [5.41, 5.74) is 2.29. The molecular formula is C21H25N3O3. The zero-order chi connectivity index (χ0) is 18.8. The van der Waals surface area contributed by atoms with Crippen LogP contribution in [0.3, 0.4) is 0 Å².